The summed E-state index contributed by atoms with van der Waals surface area (Å²) in [6.07, 6.45) is -0.101. The molecule has 1 amide bonds. The summed E-state index contributed by atoms with van der Waals surface area (Å²) in [7, 11) is 0. The van der Waals surface area contributed by atoms with Gasteiger partial charge in [0.2, 0.25) is 12.7 Å². The number of fused-ring (bicyclic) bond motifs is 1. The molecule has 2 aromatic carbocycles. The zero-order chi connectivity index (χ0) is 18.8. The van der Waals surface area contributed by atoms with E-state index in [0.717, 1.165) is 5.56 Å². The summed E-state index contributed by atoms with van der Waals surface area (Å²) in [5.74, 6) is 0.977. The number of hydrogen-bond acceptors (Lipinski definition) is 7. The summed E-state index contributed by atoms with van der Waals surface area (Å²) in [6.45, 7) is 0.197. The van der Waals surface area contributed by atoms with Gasteiger partial charge in [0.1, 0.15) is 0 Å². The van der Waals surface area contributed by atoms with Gasteiger partial charge in [-0.2, -0.15) is 0 Å². The molecule has 0 spiro atoms. The summed E-state index contributed by atoms with van der Waals surface area (Å²) in [5, 5.41) is 16.0. The molecule has 0 aliphatic carbocycles. The molecule has 3 aromatic rings. The van der Waals surface area contributed by atoms with Gasteiger partial charge in [-0.3, -0.25) is 14.9 Å². The highest BCUT2D eigenvalue weighted by Gasteiger charge is 2.18. The van der Waals surface area contributed by atoms with Crippen LogP contribution in [0.2, 0.25) is 0 Å². The fourth-order valence-corrected chi connectivity index (χ4v) is 3.43. The van der Waals surface area contributed by atoms with Crippen LogP contribution < -0.4 is 14.8 Å². The quantitative estimate of drug-likeness (QED) is 0.533. The molecule has 0 saturated heterocycles. The van der Waals surface area contributed by atoms with E-state index < -0.39 is 4.92 Å². The minimum absolute atomic E-state index is 0.0761. The van der Waals surface area contributed by atoms with Crippen LogP contribution in [0, 0.1) is 10.1 Å². The van der Waals surface area contributed by atoms with E-state index in [4.69, 9.17) is 9.47 Å². The van der Waals surface area contributed by atoms with Crippen molar-refractivity contribution in [3.63, 3.8) is 0 Å². The maximum Gasteiger partial charge on any atom is 0.273 e. The molecule has 1 N–H and O–H groups in total. The highest BCUT2D eigenvalue weighted by atomic mass is 32.1. The van der Waals surface area contributed by atoms with Crippen molar-refractivity contribution in [2.45, 2.75) is 6.42 Å². The number of nitrogens with one attached hydrogen (secondary N) is 1. The summed E-state index contributed by atoms with van der Waals surface area (Å²) in [4.78, 5) is 27.2. The maximum absolute atomic E-state index is 12.3. The van der Waals surface area contributed by atoms with Gasteiger partial charge < -0.3 is 14.8 Å². The molecule has 1 aliphatic rings. The number of ether oxygens (including phenoxy) is 2. The van der Waals surface area contributed by atoms with Gasteiger partial charge in [0, 0.05) is 22.6 Å². The molecule has 4 rings (SSSR count). The molecule has 8 nitrogen and oxygen atoms in total. The zero-order valence-electron chi connectivity index (χ0n) is 13.9. The summed E-state index contributed by atoms with van der Waals surface area (Å²) in [6, 6.07) is 11.7. The molecule has 0 unspecified atom stereocenters. The number of rotatable bonds is 5. The van der Waals surface area contributed by atoms with Gasteiger partial charge in [0.05, 0.1) is 17.0 Å². The van der Waals surface area contributed by atoms with E-state index in [-0.39, 0.29) is 24.8 Å². The lowest BCUT2D eigenvalue weighted by Crippen LogP contribution is -2.15. The third-order valence-corrected chi connectivity index (χ3v) is 4.72. The van der Waals surface area contributed by atoms with Gasteiger partial charge in [-0.15, -0.1) is 11.3 Å². The molecule has 9 heteroatoms. The van der Waals surface area contributed by atoms with Crippen LogP contribution in [0.25, 0.3) is 11.3 Å². The van der Waals surface area contributed by atoms with E-state index in [1.165, 1.54) is 17.4 Å². The normalized spacial score (nSPS) is 12.0. The van der Waals surface area contributed by atoms with Crippen molar-refractivity contribution < 1.29 is 19.2 Å². The lowest BCUT2D eigenvalue weighted by molar-refractivity contribution is -0.385. The number of nitrogens with zero attached hydrogens (tertiary/aromatic N) is 2. The largest absolute Gasteiger partial charge is 0.454 e. The SMILES string of the molecule is O=C(Cc1ccccc1[N+](=O)[O-])Nc1nc(-c2ccc3c(c2)OCO3)cs1. The first-order valence-corrected chi connectivity index (χ1v) is 8.86. The molecule has 0 radical (unpaired) electrons. The number of anilines is 1. The Hall–Kier alpha value is -3.46. The smallest absolute Gasteiger partial charge is 0.273 e. The number of thiazole rings is 1. The van der Waals surface area contributed by atoms with Crippen molar-refractivity contribution in [3.05, 3.63) is 63.5 Å². The van der Waals surface area contributed by atoms with Crippen molar-refractivity contribution in [2.24, 2.45) is 0 Å². The summed E-state index contributed by atoms with van der Waals surface area (Å²) >= 11 is 1.28. The highest BCUT2D eigenvalue weighted by Crippen LogP contribution is 2.36. The molecule has 0 saturated carbocycles. The Morgan fingerprint density at radius 1 is 1.22 bits per heavy atom. The van der Waals surface area contributed by atoms with Crippen molar-refractivity contribution in [1.82, 2.24) is 4.98 Å². The topological polar surface area (TPSA) is 104 Å². The number of carbonyl (C=O) groups is 1. The first-order valence-electron chi connectivity index (χ1n) is 7.98. The summed E-state index contributed by atoms with van der Waals surface area (Å²) in [5.41, 5.74) is 1.81. The van der Waals surface area contributed by atoms with Gasteiger partial charge in [-0.1, -0.05) is 18.2 Å². The third kappa shape index (κ3) is 3.58. The fraction of sp³-hybridized carbons (Fsp3) is 0.111. The van der Waals surface area contributed by atoms with Gasteiger partial charge >= 0.3 is 0 Å². The van der Waals surface area contributed by atoms with Crippen LogP contribution in [-0.4, -0.2) is 22.6 Å². The van der Waals surface area contributed by atoms with Crippen molar-refractivity contribution in [2.75, 3.05) is 12.1 Å². The van der Waals surface area contributed by atoms with E-state index in [2.05, 4.69) is 10.3 Å². The Kier molecular flexibility index (Phi) is 4.43. The highest BCUT2D eigenvalue weighted by molar-refractivity contribution is 7.14. The number of benzene rings is 2. The first kappa shape index (κ1) is 17.0. The molecule has 27 heavy (non-hydrogen) atoms. The van der Waals surface area contributed by atoms with Crippen molar-refractivity contribution in [1.29, 1.82) is 0 Å². The van der Waals surface area contributed by atoms with Crippen molar-refractivity contribution in [3.8, 4) is 22.8 Å². The van der Waals surface area contributed by atoms with Crippen molar-refractivity contribution >= 4 is 28.1 Å². The van der Waals surface area contributed by atoms with E-state index >= 15 is 0 Å². The number of para-hydroxylation sites is 1. The Morgan fingerprint density at radius 3 is 2.89 bits per heavy atom. The summed E-state index contributed by atoms with van der Waals surface area (Å²) < 4.78 is 10.6. The monoisotopic (exact) mass is 383 g/mol. The van der Waals surface area contributed by atoms with Crippen LogP contribution in [0.1, 0.15) is 5.56 Å². The molecular formula is C18H13N3O5S. The Balaban J connectivity index is 1.47. The van der Waals surface area contributed by atoms with E-state index in [0.29, 0.717) is 27.9 Å². The number of aromatic nitrogens is 1. The second-order valence-electron chi connectivity index (χ2n) is 5.72. The van der Waals surface area contributed by atoms with Gasteiger partial charge in [-0.25, -0.2) is 4.98 Å². The number of carbonyl (C=O) groups excluding carboxylic acids is 1. The lowest BCUT2D eigenvalue weighted by atomic mass is 10.1. The number of nitro groups is 1. The second-order valence-corrected chi connectivity index (χ2v) is 6.57. The van der Waals surface area contributed by atoms with Crippen LogP contribution >= 0.6 is 11.3 Å². The standard InChI is InChI=1S/C18H13N3O5S/c22-17(8-12-3-1-2-4-14(12)21(23)24)20-18-19-13(9-27-18)11-5-6-15-16(7-11)26-10-25-15/h1-7,9H,8,10H2,(H,19,20,22). The van der Waals surface area contributed by atoms with Gasteiger partial charge in [0.25, 0.3) is 5.69 Å². The number of amides is 1. The molecule has 0 atom stereocenters. The van der Waals surface area contributed by atoms with Crippen LogP contribution in [0.4, 0.5) is 10.8 Å². The lowest BCUT2D eigenvalue weighted by Gasteiger charge is -2.03. The van der Waals surface area contributed by atoms with Crippen LogP contribution in [-0.2, 0) is 11.2 Å². The average Bonchev–Trinajstić information content (AvgIpc) is 3.30. The van der Waals surface area contributed by atoms with Gasteiger partial charge in [0.15, 0.2) is 16.6 Å². The maximum atomic E-state index is 12.3. The van der Waals surface area contributed by atoms with E-state index in [1.54, 1.807) is 18.2 Å². The van der Waals surface area contributed by atoms with Crippen LogP contribution in [0.3, 0.4) is 0 Å². The second kappa shape index (κ2) is 7.04. The van der Waals surface area contributed by atoms with E-state index in [9.17, 15) is 14.9 Å². The Bertz CT molecular complexity index is 1030. The zero-order valence-corrected chi connectivity index (χ0v) is 14.7. The molecule has 0 bridgehead atoms. The van der Waals surface area contributed by atoms with Crippen LogP contribution in [0.15, 0.2) is 47.8 Å². The molecule has 2 heterocycles. The Labute approximate surface area is 157 Å². The number of hydrogen-bond donors (Lipinski definition) is 1. The Morgan fingerprint density at radius 2 is 2.04 bits per heavy atom. The average molecular weight is 383 g/mol. The molecule has 1 aromatic heterocycles. The number of nitro benzene ring substituents is 1. The molecular weight excluding hydrogens is 370 g/mol. The molecule has 1 aliphatic heterocycles. The minimum Gasteiger partial charge on any atom is -0.454 e. The first-order chi connectivity index (χ1) is 13.1. The fourth-order valence-electron chi connectivity index (χ4n) is 2.69. The van der Waals surface area contributed by atoms with E-state index in [1.807, 2.05) is 23.6 Å². The molecule has 0 fully saturated rings. The molecule has 136 valence electrons. The van der Waals surface area contributed by atoms with Gasteiger partial charge in [-0.05, 0) is 18.2 Å². The predicted molar refractivity (Wildman–Crippen MR) is 99.1 cm³/mol. The predicted octanol–water partition coefficient (Wildman–Crippen LogP) is 3.63. The third-order valence-electron chi connectivity index (χ3n) is 3.96. The van der Waals surface area contributed by atoms with Crippen LogP contribution in [0.5, 0.6) is 11.5 Å². The minimum atomic E-state index is -0.496.